The molecule has 1 atom stereocenters. The van der Waals surface area contributed by atoms with Crippen molar-refractivity contribution >= 4 is 27.5 Å². The average molecular weight is 489 g/mol. The van der Waals surface area contributed by atoms with Gasteiger partial charge in [0.1, 0.15) is 5.75 Å². The molecule has 1 saturated heterocycles. The van der Waals surface area contributed by atoms with E-state index in [1.54, 1.807) is 24.3 Å². The Morgan fingerprint density at radius 1 is 1.18 bits per heavy atom. The van der Waals surface area contributed by atoms with Crippen LogP contribution in [0.1, 0.15) is 29.6 Å². The highest BCUT2D eigenvalue weighted by Crippen LogP contribution is 2.30. The second-order valence-electron chi connectivity index (χ2n) is 8.32. The molecule has 3 rings (SSSR count). The Balaban J connectivity index is 1.54. The van der Waals surface area contributed by atoms with Gasteiger partial charge in [0.05, 0.1) is 23.6 Å². The van der Waals surface area contributed by atoms with Crippen molar-refractivity contribution in [2.45, 2.75) is 24.2 Å². The number of nitrogens with zero attached hydrogens (tertiary/aromatic N) is 2. The summed E-state index contributed by atoms with van der Waals surface area (Å²) in [7, 11) is -0.885. The number of hydrogen-bond acceptors (Lipinski definition) is 6. The van der Waals surface area contributed by atoms with Gasteiger partial charge in [-0.25, -0.2) is 8.42 Å². The molecule has 0 radical (unpaired) electrons. The van der Waals surface area contributed by atoms with Gasteiger partial charge >= 0.3 is 0 Å². The SMILES string of the molecule is COc1ccccc1N(C)S(=O)(=O)c1ccc(C(=O)NCCCN2CCCC(C(N)=O)C2)cc1. The molecular formula is C24H32N4O5S. The summed E-state index contributed by atoms with van der Waals surface area (Å²) in [5.41, 5.74) is 6.22. The number of benzene rings is 2. The third kappa shape index (κ3) is 6.06. The molecule has 0 spiro atoms. The highest BCUT2D eigenvalue weighted by molar-refractivity contribution is 7.92. The summed E-state index contributed by atoms with van der Waals surface area (Å²) in [5, 5.41) is 2.86. The van der Waals surface area contributed by atoms with Crippen molar-refractivity contribution in [3.05, 3.63) is 54.1 Å². The molecule has 0 aliphatic carbocycles. The number of para-hydroxylation sites is 2. The van der Waals surface area contributed by atoms with Gasteiger partial charge in [-0.2, -0.15) is 0 Å². The second kappa shape index (κ2) is 11.3. The number of piperidine rings is 1. The zero-order chi connectivity index (χ0) is 24.7. The molecule has 0 bridgehead atoms. The number of carbonyl (C=O) groups excluding carboxylic acids is 2. The minimum absolute atomic E-state index is 0.0755. The molecule has 3 N–H and O–H groups in total. The number of nitrogens with one attached hydrogen (secondary N) is 1. The Hall–Kier alpha value is -3.11. The Labute approximate surface area is 200 Å². The Kier molecular flexibility index (Phi) is 8.51. The molecule has 10 heteroatoms. The lowest BCUT2D eigenvalue weighted by molar-refractivity contribution is -0.123. The van der Waals surface area contributed by atoms with Crippen LogP contribution in [0.5, 0.6) is 5.75 Å². The molecule has 2 aromatic rings. The van der Waals surface area contributed by atoms with Crippen LogP contribution < -0.4 is 20.1 Å². The van der Waals surface area contributed by atoms with E-state index in [9.17, 15) is 18.0 Å². The number of likely N-dealkylation sites (tertiary alicyclic amines) is 1. The molecule has 1 fully saturated rings. The highest BCUT2D eigenvalue weighted by atomic mass is 32.2. The van der Waals surface area contributed by atoms with Crippen molar-refractivity contribution < 1.29 is 22.7 Å². The summed E-state index contributed by atoms with van der Waals surface area (Å²) in [6.07, 6.45) is 2.53. The minimum atomic E-state index is -3.83. The zero-order valence-electron chi connectivity index (χ0n) is 19.6. The molecule has 1 unspecified atom stereocenters. The first-order valence-corrected chi connectivity index (χ1v) is 12.7. The molecule has 2 amide bonds. The fraction of sp³-hybridized carbons (Fsp3) is 0.417. The third-order valence-electron chi connectivity index (χ3n) is 6.04. The number of carbonyl (C=O) groups is 2. The van der Waals surface area contributed by atoms with E-state index >= 15 is 0 Å². The fourth-order valence-corrected chi connectivity index (χ4v) is 5.26. The normalized spacial score (nSPS) is 16.6. The van der Waals surface area contributed by atoms with E-state index in [-0.39, 0.29) is 22.6 Å². The number of nitrogens with two attached hydrogens (primary N) is 1. The van der Waals surface area contributed by atoms with Crippen LogP contribution in [0.2, 0.25) is 0 Å². The van der Waals surface area contributed by atoms with E-state index in [0.717, 1.165) is 36.7 Å². The summed E-state index contributed by atoms with van der Waals surface area (Å²) >= 11 is 0. The van der Waals surface area contributed by atoms with E-state index in [4.69, 9.17) is 10.5 Å². The Morgan fingerprint density at radius 3 is 2.56 bits per heavy atom. The van der Waals surface area contributed by atoms with Crippen LogP contribution in [0.4, 0.5) is 5.69 Å². The van der Waals surface area contributed by atoms with E-state index < -0.39 is 10.0 Å². The lowest BCUT2D eigenvalue weighted by Gasteiger charge is -2.31. The molecule has 34 heavy (non-hydrogen) atoms. The largest absolute Gasteiger partial charge is 0.495 e. The van der Waals surface area contributed by atoms with Gasteiger partial charge in [-0.05, 0) is 68.8 Å². The first-order valence-electron chi connectivity index (χ1n) is 11.3. The van der Waals surface area contributed by atoms with Crippen molar-refractivity contribution in [1.82, 2.24) is 10.2 Å². The molecule has 0 aromatic heterocycles. The molecular weight excluding hydrogens is 456 g/mol. The molecule has 1 aliphatic rings. The summed E-state index contributed by atoms with van der Waals surface area (Å²) in [4.78, 5) is 26.1. The number of sulfonamides is 1. The number of amides is 2. The van der Waals surface area contributed by atoms with Gasteiger partial charge in [0.15, 0.2) is 0 Å². The maximum atomic E-state index is 13.0. The molecule has 0 saturated carbocycles. The van der Waals surface area contributed by atoms with Gasteiger partial charge in [-0.3, -0.25) is 13.9 Å². The Morgan fingerprint density at radius 2 is 1.88 bits per heavy atom. The number of primary amides is 1. The van der Waals surface area contributed by atoms with Crippen LogP contribution in [-0.4, -0.2) is 65.5 Å². The van der Waals surface area contributed by atoms with Crippen molar-refractivity contribution in [3.63, 3.8) is 0 Å². The van der Waals surface area contributed by atoms with Gasteiger partial charge in [0.2, 0.25) is 5.91 Å². The van der Waals surface area contributed by atoms with Crippen LogP contribution in [0, 0.1) is 5.92 Å². The molecule has 2 aromatic carbocycles. The Bertz CT molecular complexity index is 1100. The van der Waals surface area contributed by atoms with Crippen LogP contribution in [0.3, 0.4) is 0 Å². The fourth-order valence-electron chi connectivity index (χ4n) is 4.05. The van der Waals surface area contributed by atoms with Crippen LogP contribution in [0.25, 0.3) is 0 Å². The average Bonchev–Trinajstić information content (AvgIpc) is 2.86. The van der Waals surface area contributed by atoms with Crippen molar-refractivity contribution in [1.29, 1.82) is 0 Å². The van der Waals surface area contributed by atoms with Crippen molar-refractivity contribution in [3.8, 4) is 5.75 Å². The van der Waals surface area contributed by atoms with Gasteiger partial charge in [0.25, 0.3) is 15.9 Å². The predicted octanol–water partition coefficient (Wildman–Crippen LogP) is 1.84. The lowest BCUT2D eigenvalue weighted by Crippen LogP contribution is -2.42. The molecule has 1 heterocycles. The molecule has 1 aliphatic heterocycles. The van der Waals surface area contributed by atoms with Gasteiger partial charge in [-0.15, -0.1) is 0 Å². The van der Waals surface area contributed by atoms with E-state index in [2.05, 4.69) is 10.2 Å². The summed E-state index contributed by atoms with van der Waals surface area (Å²) in [6, 6.07) is 12.7. The smallest absolute Gasteiger partial charge is 0.264 e. The first-order chi connectivity index (χ1) is 16.2. The molecule has 184 valence electrons. The van der Waals surface area contributed by atoms with E-state index in [1.807, 2.05) is 0 Å². The summed E-state index contributed by atoms with van der Waals surface area (Å²) < 4.78 is 32.5. The maximum absolute atomic E-state index is 13.0. The summed E-state index contributed by atoms with van der Waals surface area (Å²) in [5.74, 6) is -0.173. The van der Waals surface area contributed by atoms with Crippen LogP contribution in [-0.2, 0) is 14.8 Å². The quantitative estimate of drug-likeness (QED) is 0.492. The number of ether oxygens (including phenoxy) is 1. The van der Waals surface area contributed by atoms with Gasteiger partial charge < -0.3 is 20.7 Å². The number of rotatable bonds is 10. The first kappa shape index (κ1) is 25.5. The highest BCUT2D eigenvalue weighted by Gasteiger charge is 2.25. The predicted molar refractivity (Wildman–Crippen MR) is 130 cm³/mol. The lowest BCUT2D eigenvalue weighted by atomic mass is 9.97. The van der Waals surface area contributed by atoms with Crippen LogP contribution >= 0.6 is 0 Å². The van der Waals surface area contributed by atoms with Gasteiger partial charge in [-0.1, -0.05) is 12.1 Å². The number of hydrogen-bond donors (Lipinski definition) is 2. The topological polar surface area (TPSA) is 122 Å². The van der Waals surface area contributed by atoms with Crippen molar-refractivity contribution in [2.24, 2.45) is 11.7 Å². The van der Waals surface area contributed by atoms with E-state index in [0.29, 0.717) is 30.1 Å². The maximum Gasteiger partial charge on any atom is 0.264 e. The number of methoxy groups -OCH3 is 1. The zero-order valence-corrected chi connectivity index (χ0v) is 20.4. The van der Waals surface area contributed by atoms with Crippen molar-refractivity contribution in [2.75, 3.05) is 44.6 Å². The summed E-state index contributed by atoms with van der Waals surface area (Å²) in [6.45, 7) is 2.85. The van der Waals surface area contributed by atoms with Gasteiger partial charge in [0, 0.05) is 25.7 Å². The monoisotopic (exact) mass is 488 g/mol. The second-order valence-corrected chi connectivity index (χ2v) is 10.3. The number of anilines is 1. The standard InChI is InChI=1S/C24H32N4O5S/c1-27(21-8-3-4-9-22(21)33-2)34(31,32)20-12-10-18(11-13-20)24(30)26-14-6-16-28-15-5-7-19(17-28)23(25)29/h3-4,8-13,19H,5-7,14-17H2,1-2H3,(H2,25,29)(H,26,30). The minimum Gasteiger partial charge on any atom is -0.495 e. The van der Waals surface area contributed by atoms with Crippen LogP contribution in [0.15, 0.2) is 53.4 Å². The molecule has 9 nitrogen and oxygen atoms in total. The van der Waals surface area contributed by atoms with E-state index in [1.165, 1.54) is 38.4 Å². The third-order valence-corrected chi connectivity index (χ3v) is 7.83.